The molecule has 0 unspecified atom stereocenters. The van der Waals surface area contributed by atoms with Crippen molar-refractivity contribution in [2.45, 2.75) is 33.4 Å². The molecule has 10 heteroatoms. The molecule has 0 amide bonds. The molecular formula is C18H18F2N4O4. The summed E-state index contributed by atoms with van der Waals surface area (Å²) in [4.78, 5) is 41.7. The maximum atomic E-state index is 14.4. The van der Waals surface area contributed by atoms with Crippen molar-refractivity contribution in [1.29, 1.82) is 0 Å². The zero-order chi connectivity index (χ0) is 20.6. The van der Waals surface area contributed by atoms with Crippen LogP contribution in [0.15, 0.2) is 34.1 Å². The van der Waals surface area contributed by atoms with Gasteiger partial charge in [-0.2, -0.15) is 0 Å². The summed E-state index contributed by atoms with van der Waals surface area (Å²) in [6.45, 7) is 4.73. The number of benzene rings is 1. The number of esters is 1. The third kappa shape index (κ3) is 3.21. The smallest absolute Gasteiger partial charge is 0.337 e. The van der Waals surface area contributed by atoms with Crippen molar-refractivity contribution < 1.29 is 18.3 Å². The number of fused-ring (bicyclic) bond motifs is 1. The minimum atomic E-state index is -0.989. The Balaban J connectivity index is 2.38. The predicted molar refractivity (Wildman–Crippen MR) is 96.5 cm³/mol. The van der Waals surface area contributed by atoms with E-state index in [0.29, 0.717) is 6.07 Å². The van der Waals surface area contributed by atoms with Crippen LogP contribution in [-0.4, -0.2) is 31.3 Å². The fraction of sp³-hybridized carbons (Fsp3) is 0.333. The van der Waals surface area contributed by atoms with Crippen LogP contribution in [0.4, 0.5) is 8.78 Å². The molecule has 28 heavy (non-hydrogen) atoms. The van der Waals surface area contributed by atoms with Crippen molar-refractivity contribution in [3.05, 3.63) is 57.0 Å². The molecule has 148 valence electrons. The molecule has 0 spiro atoms. The second kappa shape index (κ2) is 7.37. The summed E-state index contributed by atoms with van der Waals surface area (Å²) in [5, 5.41) is 0. The molecule has 0 aliphatic carbocycles. The van der Waals surface area contributed by atoms with Gasteiger partial charge in [-0.1, -0.05) is 0 Å². The lowest BCUT2D eigenvalue weighted by Gasteiger charge is -2.15. The van der Waals surface area contributed by atoms with Gasteiger partial charge in [-0.25, -0.2) is 23.1 Å². The van der Waals surface area contributed by atoms with Gasteiger partial charge in [-0.15, -0.1) is 0 Å². The standard InChI is InChI=1S/C18H18F2N4O4/c1-4-28-14(25)8-22-9-21-16-15(22)17(26)23(10(2)3)18(27)24(16)13-6-5-11(19)7-12(13)20/h5-7,9-10H,4,8H2,1-3H3. The van der Waals surface area contributed by atoms with E-state index in [9.17, 15) is 23.2 Å². The van der Waals surface area contributed by atoms with Crippen molar-refractivity contribution in [1.82, 2.24) is 18.7 Å². The van der Waals surface area contributed by atoms with E-state index in [4.69, 9.17) is 4.74 Å². The van der Waals surface area contributed by atoms with Crippen LogP contribution in [0, 0.1) is 11.6 Å². The topological polar surface area (TPSA) is 88.1 Å². The summed E-state index contributed by atoms with van der Waals surface area (Å²) in [6.07, 6.45) is 1.20. The number of aromatic nitrogens is 4. The number of halogens is 2. The van der Waals surface area contributed by atoms with Crippen molar-refractivity contribution in [2.75, 3.05) is 6.61 Å². The molecule has 0 bridgehead atoms. The number of rotatable bonds is 5. The molecule has 0 saturated carbocycles. The fourth-order valence-corrected chi connectivity index (χ4v) is 2.95. The van der Waals surface area contributed by atoms with E-state index in [-0.39, 0.29) is 30.0 Å². The molecule has 3 aromatic rings. The molecule has 2 heterocycles. The average molecular weight is 392 g/mol. The molecule has 2 aromatic heterocycles. The molecule has 3 rings (SSSR count). The van der Waals surface area contributed by atoms with Crippen LogP contribution in [0.3, 0.4) is 0 Å². The van der Waals surface area contributed by atoms with Crippen molar-refractivity contribution in [2.24, 2.45) is 0 Å². The Morgan fingerprint density at radius 3 is 2.57 bits per heavy atom. The maximum absolute atomic E-state index is 14.4. The molecule has 0 aliphatic rings. The highest BCUT2D eigenvalue weighted by Gasteiger charge is 2.23. The second-order valence-corrected chi connectivity index (χ2v) is 6.33. The number of hydrogen-bond donors (Lipinski definition) is 0. The summed E-state index contributed by atoms with van der Waals surface area (Å²) >= 11 is 0. The van der Waals surface area contributed by atoms with Gasteiger partial charge in [0.2, 0.25) is 0 Å². The van der Waals surface area contributed by atoms with Gasteiger partial charge in [-0.3, -0.25) is 14.2 Å². The maximum Gasteiger partial charge on any atom is 0.337 e. The van der Waals surface area contributed by atoms with Gasteiger partial charge < -0.3 is 9.30 Å². The van der Waals surface area contributed by atoms with Crippen LogP contribution in [0.1, 0.15) is 26.8 Å². The molecular weight excluding hydrogens is 374 g/mol. The van der Waals surface area contributed by atoms with Gasteiger partial charge in [0, 0.05) is 12.1 Å². The predicted octanol–water partition coefficient (Wildman–Crippen LogP) is 1.77. The monoisotopic (exact) mass is 392 g/mol. The summed E-state index contributed by atoms with van der Waals surface area (Å²) in [5.41, 5.74) is -1.95. The quantitative estimate of drug-likeness (QED) is 0.618. The number of hydrogen-bond acceptors (Lipinski definition) is 5. The van der Waals surface area contributed by atoms with Gasteiger partial charge in [0.1, 0.15) is 18.2 Å². The number of ether oxygens (including phenoxy) is 1. The van der Waals surface area contributed by atoms with E-state index in [1.807, 2.05) is 0 Å². The van der Waals surface area contributed by atoms with Crippen molar-refractivity contribution >= 4 is 17.1 Å². The first kappa shape index (κ1) is 19.5. The Kier molecular flexibility index (Phi) is 5.12. The molecule has 0 N–H and O–H groups in total. The Hall–Kier alpha value is -3.30. The lowest BCUT2D eigenvalue weighted by atomic mass is 10.3. The first-order chi connectivity index (χ1) is 13.3. The largest absolute Gasteiger partial charge is 0.465 e. The highest BCUT2D eigenvalue weighted by atomic mass is 19.1. The van der Waals surface area contributed by atoms with E-state index in [0.717, 1.165) is 21.3 Å². The summed E-state index contributed by atoms with van der Waals surface area (Å²) in [7, 11) is 0. The molecule has 0 aliphatic heterocycles. The minimum Gasteiger partial charge on any atom is -0.465 e. The number of imidazole rings is 1. The molecule has 8 nitrogen and oxygen atoms in total. The highest BCUT2D eigenvalue weighted by Crippen LogP contribution is 2.18. The van der Waals surface area contributed by atoms with Gasteiger partial charge in [-0.05, 0) is 32.9 Å². The van der Waals surface area contributed by atoms with Gasteiger partial charge in [0.05, 0.1) is 18.6 Å². The third-order valence-electron chi connectivity index (χ3n) is 4.12. The lowest BCUT2D eigenvalue weighted by Crippen LogP contribution is -2.41. The van der Waals surface area contributed by atoms with Crippen LogP contribution in [0.5, 0.6) is 0 Å². The molecule has 1 aromatic carbocycles. The summed E-state index contributed by atoms with van der Waals surface area (Å²) < 4.78 is 35.7. The molecule has 0 saturated heterocycles. The van der Waals surface area contributed by atoms with E-state index >= 15 is 0 Å². The van der Waals surface area contributed by atoms with Crippen LogP contribution in [-0.2, 0) is 16.1 Å². The fourth-order valence-electron chi connectivity index (χ4n) is 2.95. The van der Waals surface area contributed by atoms with Crippen LogP contribution in [0.25, 0.3) is 16.9 Å². The first-order valence-electron chi connectivity index (χ1n) is 8.59. The van der Waals surface area contributed by atoms with Crippen LogP contribution < -0.4 is 11.2 Å². The SMILES string of the molecule is CCOC(=O)Cn1cnc2c1c(=O)n(C(C)C)c(=O)n2-c1ccc(F)cc1F. The van der Waals surface area contributed by atoms with E-state index < -0.39 is 34.9 Å². The number of nitrogens with zero attached hydrogens (tertiary/aromatic N) is 4. The number of carbonyl (C=O) groups excluding carboxylic acids is 1. The van der Waals surface area contributed by atoms with Gasteiger partial charge in [0.25, 0.3) is 5.56 Å². The van der Waals surface area contributed by atoms with Crippen molar-refractivity contribution in [3.63, 3.8) is 0 Å². The second-order valence-electron chi connectivity index (χ2n) is 6.33. The van der Waals surface area contributed by atoms with Gasteiger partial charge in [0.15, 0.2) is 11.2 Å². The van der Waals surface area contributed by atoms with E-state index in [2.05, 4.69) is 4.98 Å². The Morgan fingerprint density at radius 2 is 1.96 bits per heavy atom. The minimum absolute atomic E-state index is 0.0647. The Labute approximate surface area is 157 Å². The lowest BCUT2D eigenvalue weighted by molar-refractivity contribution is -0.143. The van der Waals surface area contributed by atoms with E-state index in [1.54, 1.807) is 20.8 Å². The average Bonchev–Trinajstić information content (AvgIpc) is 3.00. The van der Waals surface area contributed by atoms with Gasteiger partial charge >= 0.3 is 11.7 Å². The van der Waals surface area contributed by atoms with E-state index in [1.165, 1.54) is 10.9 Å². The zero-order valence-corrected chi connectivity index (χ0v) is 15.5. The summed E-state index contributed by atoms with van der Waals surface area (Å²) in [5.74, 6) is -2.39. The van der Waals surface area contributed by atoms with Crippen LogP contribution >= 0.6 is 0 Å². The normalized spacial score (nSPS) is 11.4. The molecule has 0 fully saturated rings. The highest BCUT2D eigenvalue weighted by molar-refractivity contribution is 5.76. The Bertz CT molecular complexity index is 1180. The van der Waals surface area contributed by atoms with Crippen LogP contribution in [0.2, 0.25) is 0 Å². The first-order valence-corrected chi connectivity index (χ1v) is 8.59. The zero-order valence-electron chi connectivity index (χ0n) is 15.5. The van der Waals surface area contributed by atoms with Crippen molar-refractivity contribution in [3.8, 4) is 5.69 Å². The molecule has 0 atom stereocenters. The Morgan fingerprint density at radius 1 is 1.25 bits per heavy atom. The molecule has 0 radical (unpaired) electrons. The summed E-state index contributed by atoms with van der Waals surface area (Å²) in [6, 6.07) is 2.17. The number of carbonyl (C=O) groups is 1. The third-order valence-corrected chi connectivity index (χ3v) is 4.12.